The van der Waals surface area contributed by atoms with Gasteiger partial charge in [0.2, 0.25) is 17.7 Å². The lowest BCUT2D eigenvalue weighted by molar-refractivity contribution is -0.141. The molecule has 2 saturated carbocycles. The van der Waals surface area contributed by atoms with Crippen molar-refractivity contribution in [1.82, 2.24) is 9.80 Å². The maximum Gasteiger partial charge on any atom is 0.414 e. The fourth-order valence-electron chi connectivity index (χ4n) is 6.63. The van der Waals surface area contributed by atoms with Gasteiger partial charge in [0.15, 0.2) is 0 Å². The van der Waals surface area contributed by atoms with Crippen LogP contribution in [0, 0.1) is 11.7 Å². The van der Waals surface area contributed by atoms with Gasteiger partial charge in [0.05, 0.1) is 11.5 Å². The predicted molar refractivity (Wildman–Crippen MR) is 148 cm³/mol. The Morgan fingerprint density at radius 2 is 1.76 bits per heavy atom. The molecule has 0 spiro atoms. The first kappa shape index (κ1) is 27.4. The minimum atomic E-state index is -1.46. The number of nitrogens with two attached hydrogens (primary N) is 1. The van der Waals surface area contributed by atoms with E-state index in [4.69, 9.17) is 5.73 Å². The zero-order valence-electron chi connectivity index (χ0n) is 22.9. The zero-order valence-corrected chi connectivity index (χ0v) is 22.9. The van der Waals surface area contributed by atoms with E-state index in [1.807, 2.05) is 6.07 Å². The Labute approximate surface area is 237 Å². The molecule has 2 aromatic carbocycles. The molecule has 0 unspecified atom stereocenters. The van der Waals surface area contributed by atoms with Gasteiger partial charge in [-0.25, -0.2) is 14.1 Å². The number of carboxylic acid groups (broad SMARTS) is 1. The van der Waals surface area contributed by atoms with Gasteiger partial charge in [-0.15, -0.1) is 0 Å². The quantitative estimate of drug-likeness (QED) is 0.489. The van der Waals surface area contributed by atoms with E-state index in [0.29, 0.717) is 60.6 Å². The van der Waals surface area contributed by atoms with E-state index >= 15 is 0 Å². The van der Waals surface area contributed by atoms with E-state index in [0.717, 1.165) is 36.0 Å². The molecule has 0 saturated heterocycles. The Morgan fingerprint density at radius 3 is 2.44 bits per heavy atom. The second-order valence-electron chi connectivity index (χ2n) is 12.1. The van der Waals surface area contributed by atoms with Gasteiger partial charge in [-0.05, 0) is 110 Å². The van der Waals surface area contributed by atoms with Crippen LogP contribution in [0.3, 0.4) is 0 Å². The molecule has 0 bridgehead atoms. The van der Waals surface area contributed by atoms with Gasteiger partial charge >= 0.3 is 6.09 Å². The van der Waals surface area contributed by atoms with Crippen LogP contribution in [0.5, 0.6) is 0 Å². The largest absolute Gasteiger partial charge is 0.465 e. The first-order valence-corrected chi connectivity index (χ1v) is 14.5. The van der Waals surface area contributed by atoms with Crippen molar-refractivity contribution >= 4 is 29.5 Å². The smallest absolute Gasteiger partial charge is 0.414 e. The van der Waals surface area contributed by atoms with Crippen molar-refractivity contribution in [2.45, 2.75) is 81.8 Å². The van der Waals surface area contributed by atoms with Crippen molar-refractivity contribution in [3.63, 3.8) is 0 Å². The monoisotopic (exact) mass is 562 g/mol. The summed E-state index contributed by atoms with van der Waals surface area (Å²) >= 11 is 0. The molecule has 0 aromatic heterocycles. The number of nitrogens with one attached hydrogen (secondary N) is 1. The summed E-state index contributed by atoms with van der Waals surface area (Å²) in [5.41, 5.74) is 9.17. The lowest BCUT2D eigenvalue weighted by atomic mass is 9.77. The summed E-state index contributed by atoms with van der Waals surface area (Å²) in [4.78, 5) is 54.4. The fourth-order valence-corrected chi connectivity index (χ4v) is 6.63. The highest BCUT2D eigenvalue weighted by Gasteiger charge is 2.42. The van der Waals surface area contributed by atoms with Gasteiger partial charge in [0, 0.05) is 18.3 Å². The Bertz CT molecular complexity index is 1420. The maximum atomic E-state index is 13.9. The Kier molecular flexibility index (Phi) is 7.05. The fraction of sp³-hybridized carbons (Fsp3) is 0.484. The van der Waals surface area contributed by atoms with Gasteiger partial charge in [0.25, 0.3) is 0 Å². The second-order valence-corrected chi connectivity index (χ2v) is 12.1. The number of amides is 4. The van der Waals surface area contributed by atoms with Crippen LogP contribution in [0.1, 0.15) is 73.1 Å². The number of aryl methyl sites for hydroxylation is 2. The first-order valence-electron chi connectivity index (χ1n) is 14.5. The molecule has 10 heteroatoms. The van der Waals surface area contributed by atoms with Crippen molar-refractivity contribution in [2.24, 2.45) is 11.7 Å². The minimum Gasteiger partial charge on any atom is -0.465 e. The van der Waals surface area contributed by atoms with Crippen LogP contribution in [-0.4, -0.2) is 56.8 Å². The highest BCUT2D eigenvalue weighted by Crippen LogP contribution is 2.40. The van der Waals surface area contributed by atoms with Gasteiger partial charge < -0.3 is 21.1 Å². The number of hydrogen-bond acceptors (Lipinski definition) is 5. The molecule has 4 amide bonds. The summed E-state index contributed by atoms with van der Waals surface area (Å²) in [7, 11) is 0. The molecule has 4 aliphatic rings. The van der Waals surface area contributed by atoms with E-state index in [9.17, 15) is 28.7 Å². The SMILES string of the molecule is NC1(C(=O)Nc2ccc3c(c2)CC[C@@H]3C(=O)N(CC(=O)N2Cc3ccc(F)cc3CC[C@@H]2C2CC2)C(=O)O)CCC1. The van der Waals surface area contributed by atoms with Crippen molar-refractivity contribution in [1.29, 1.82) is 0 Å². The maximum absolute atomic E-state index is 13.9. The standard InChI is InChI=1S/C31H35FN4O5/c32-22-7-4-21-16-35(26(18-2-3-18)11-6-19(21)14-22)27(37)17-36(30(40)41)28(38)25-9-5-20-15-23(8-10-24(20)25)34-29(39)31(33)12-1-13-31/h4,7-8,10,14-15,18,25-26H,1-3,5-6,9,11-13,16-17,33H2,(H,34,39)(H,40,41)/t25-,26+/m0/s1. The summed E-state index contributed by atoms with van der Waals surface area (Å²) in [6, 6.07) is 9.77. The normalized spacial score (nSPS) is 22.5. The molecule has 1 heterocycles. The van der Waals surface area contributed by atoms with Crippen molar-refractivity contribution in [3.8, 4) is 0 Å². The highest BCUT2D eigenvalue weighted by molar-refractivity contribution is 6.00. The molecule has 6 rings (SSSR count). The molecule has 4 N–H and O–H groups in total. The number of imide groups is 1. The number of benzene rings is 2. The van der Waals surface area contributed by atoms with Crippen molar-refractivity contribution in [2.75, 3.05) is 11.9 Å². The highest BCUT2D eigenvalue weighted by atomic mass is 19.1. The molecular weight excluding hydrogens is 527 g/mol. The number of carbonyl (C=O) groups is 4. The van der Waals surface area contributed by atoms with E-state index in [-0.39, 0.29) is 24.3 Å². The van der Waals surface area contributed by atoms with Gasteiger partial charge in [0.1, 0.15) is 12.4 Å². The number of halogens is 1. The number of nitrogens with zero attached hydrogens (tertiary/aromatic N) is 2. The number of carbonyl (C=O) groups excluding carboxylic acids is 3. The van der Waals surface area contributed by atoms with Gasteiger partial charge in [-0.3, -0.25) is 14.4 Å². The van der Waals surface area contributed by atoms with Crippen molar-refractivity contribution in [3.05, 3.63) is 64.5 Å². The molecule has 1 aliphatic heterocycles. The minimum absolute atomic E-state index is 0.0721. The average molecular weight is 563 g/mol. The van der Waals surface area contributed by atoms with Crippen LogP contribution in [0.25, 0.3) is 0 Å². The summed E-state index contributed by atoms with van der Waals surface area (Å²) in [6.45, 7) is -0.297. The molecule has 2 fully saturated rings. The van der Waals surface area contributed by atoms with Crippen LogP contribution in [0.4, 0.5) is 14.9 Å². The summed E-state index contributed by atoms with van der Waals surface area (Å²) < 4.78 is 13.9. The Hall–Kier alpha value is -3.79. The third kappa shape index (κ3) is 5.32. The van der Waals surface area contributed by atoms with E-state index in [1.165, 1.54) is 12.1 Å². The Morgan fingerprint density at radius 1 is 1.00 bits per heavy atom. The van der Waals surface area contributed by atoms with E-state index < -0.39 is 35.9 Å². The molecule has 3 aliphatic carbocycles. The third-order valence-corrected chi connectivity index (χ3v) is 9.37. The van der Waals surface area contributed by atoms with Gasteiger partial charge in [-0.1, -0.05) is 12.1 Å². The van der Waals surface area contributed by atoms with Crippen LogP contribution in [0.2, 0.25) is 0 Å². The first-order chi connectivity index (χ1) is 19.6. The predicted octanol–water partition coefficient (Wildman–Crippen LogP) is 3.94. The van der Waals surface area contributed by atoms with Crippen LogP contribution < -0.4 is 11.1 Å². The third-order valence-electron chi connectivity index (χ3n) is 9.37. The number of hydrogen-bond donors (Lipinski definition) is 3. The average Bonchev–Trinajstić information content (AvgIpc) is 3.70. The second kappa shape index (κ2) is 10.6. The molecule has 41 heavy (non-hydrogen) atoms. The summed E-state index contributed by atoms with van der Waals surface area (Å²) in [5.74, 6) is -1.95. The molecule has 9 nitrogen and oxygen atoms in total. The summed E-state index contributed by atoms with van der Waals surface area (Å²) in [6.07, 6.45) is 5.03. The van der Waals surface area contributed by atoms with Crippen LogP contribution in [-0.2, 0) is 33.8 Å². The van der Waals surface area contributed by atoms with Crippen LogP contribution >= 0.6 is 0 Å². The number of fused-ring (bicyclic) bond motifs is 2. The topological polar surface area (TPSA) is 133 Å². The molecular formula is C31H35FN4O5. The molecule has 0 radical (unpaired) electrons. The van der Waals surface area contributed by atoms with Crippen molar-refractivity contribution < 1.29 is 28.7 Å². The number of rotatable bonds is 6. The number of anilines is 1. The van der Waals surface area contributed by atoms with E-state index in [2.05, 4.69) is 5.32 Å². The van der Waals surface area contributed by atoms with Gasteiger partial charge in [-0.2, -0.15) is 0 Å². The molecule has 2 aromatic rings. The molecule has 216 valence electrons. The lowest BCUT2D eigenvalue weighted by Crippen LogP contribution is -2.56. The van der Waals surface area contributed by atoms with Crippen LogP contribution in [0.15, 0.2) is 36.4 Å². The molecule has 2 atom stereocenters. The lowest BCUT2D eigenvalue weighted by Gasteiger charge is -2.36. The zero-order chi connectivity index (χ0) is 28.9. The Balaban J connectivity index is 1.17. The summed E-state index contributed by atoms with van der Waals surface area (Å²) in [5, 5.41) is 12.9. The van der Waals surface area contributed by atoms with E-state index in [1.54, 1.807) is 23.1 Å².